The lowest BCUT2D eigenvalue weighted by atomic mass is 9.97. The van der Waals surface area contributed by atoms with Crippen LogP contribution in [-0.2, 0) is 22.4 Å². The van der Waals surface area contributed by atoms with Crippen LogP contribution in [0.2, 0.25) is 0 Å². The molecule has 1 fully saturated rings. The number of nitrogens with zero attached hydrogens (tertiary/aromatic N) is 2. The van der Waals surface area contributed by atoms with E-state index in [0.29, 0.717) is 0 Å². The summed E-state index contributed by atoms with van der Waals surface area (Å²) < 4.78 is 5.28. The van der Waals surface area contributed by atoms with E-state index in [1.165, 1.54) is 28.7 Å². The van der Waals surface area contributed by atoms with Crippen LogP contribution in [0, 0.1) is 6.92 Å². The summed E-state index contributed by atoms with van der Waals surface area (Å²) in [6, 6.07) is 0. The molecule has 2 aromatic heterocycles. The third-order valence-corrected chi connectivity index (χ3v) is 6.65. The third-order valence-electron chi connectivity index (χ3n) is 4.27. The van der Waals surface area contributed by atoms with E-state index in [4.69, 9.17) is 4.74 Å². The number of ether oxygens (including phenoxy) is 1. The van der Waals surface area contributed by atoms with E-state index in [0.717, 1.165) is 34.9 Å². The Hall–Kier alpha value is -1.14. The van der Waals surface area contributed by atoms with Gasteiger partial charge >= 0.3 is 5.97 Å². The zero-order valence-electron chi connectivity index (χ0n) is 12.7. The average Bonchev–Trinajstić information content (AvgIpc) is 2.98. The topological polar surface area (TPSA) is 52.1 Å². The number of thioether (sulfide) groups is 1. The van der Waals surface area contributed by atoms with Crippen LogP contribution >= 0.6 is 23.1 Å². The molecule has 0 amide bonds. The second-order valence-corrected chi connectivity index (χ2v) is 8.33. The Balaban J connectivity index is 1.79. The van der Waals surface area contributed by atoms with Gasteiger partial charge in [0.05, 0.1) is 0 Å². The first-order chi connectivity index (χ1) is 10.6. The highest BCUT2D eigenvalue weighted by Gasteiger charge is 2.34. The lowest BCUT2D eigenvalue weighted by molar-refractivity contribution is -0.140. The SMILES string of the molecule is Cc1nc(S[C@H]2C[C@H](C)OC2=O)c2c3c(sc2n1)CCCC3. The highest BCUT2D eigenvalue weighted by atomic mass is 32.2. The van der Waals surface area contributed by atoms with Crippen LogP contribution in [-0.4, -0.2) is 27.3 Å². The van der Waals surface area contributed by atoms with Crippen LogP contribution in [0.1, 0.15) is 42.5 Å². The van der Waals surface area contributed by atoms with Crippen molar-refractivity contribution in [1.82, 2.24) is 9.97 Å². The van der Waals surface area contributed by atoms with E-state index < -0.39 is 0 Å². The largest absolute Gasteiger partial charge is 0.462 e. The number of esters is 1. The number of hydrogen-bond acceptors (Lipinski definition) is 6. The Morgan fingerprint density at radius 1 is 1.27 bits per heavy atom. The second kappa shape index (κ2) is 5.49. The average molecular weight is 334 g/mol. The summed E-state index contributed by atoms with van der Waals surface area (Å²) in [6.07, 6.45) is 5.55. The van der Waals surface area contributed by atoms with Gasteiger partial charge in [0, 0.05) is 16.7 Å². The summed E-state index contributed by atoms with van der Waals surface area (Å²) in [6.45, 7) is 3.88. The van der Waals surface area contributed by atoms with Gasteiger partial charge in [-0.1, -0.05) is 11.8 Å². The Labute approximate surface area is 137 Å². The second-order valence-electron chi connectivity index (χ2n) is 6.06. The molecular formula is C16H18N2O2S2. The molecule has 6 heteroatoms. The maximum Gasteiger partial charge on any atom is 0.319 e. The molecule has 0 unspecified atom stereocenters. The first kappa shape index (κ1) is 14.5. The molecule has 1 aliphatic carbocycles. The molecule has 0 bridgehead atoms. The van der Waals surface area contributed by atoms with Gasteiger partial charge in [-0.15, -0.1) is 11.3 Å². The van der Waals surface area contributed by atoms with Gasteiger partial charge in [0.1, 0.15) is 27.0 Å². The van der Waals surface area contributed by atoms with E-state index in [1.807, 2.05) is 13.8 Å². The molecule has 4 rings (SSSR count). The van der Waals surface area contributed by atoms with Gasteiger partial charge in [-0.3, -0.25) is 4.79 Å². The van der Waals surface area contributed by atoms with Crippen LogP contribution in [0.3, 0.4) is 0 Å². The molecule has 1 saturated heterocycles. The maximum atomic E-state index is 12.0. The highest BCUT2D eigenvalue weighted by molar-refractivity contribution is 8.00. The highest BCUT2D eigenvalue weighted by Crippen LogP contribution is 2.42. The fourth-order valence-electron chi connectivity index (χ4n) is 3.26. The molecular weight excluding hydrogens is 316 g/mol. The predicted octanol–water partition coefficient (Wildman–Crippen LogP) is 3.67. The number of carbonyl (C=O) groups excluding carboxylic acids is 1. The summed E-state index contributed by atoms with van der Waals surface area (Å²) in [5.41, 5.74) is 1.42. The first-order valence-electron chi connectivity index (χ1n) is 7.78. The summed E-state index contributed by atoms with van der Waals surface area (Å²) in [5, 5.41) is 2.03. The zero-order chi connectivity index (χ0) is 15.3. The lowest BCUT2D eigenvalue weighted by Crippen LogP contribution is -2.10. The molecule has 3 heterocycles. The Morgan fingerprint density at radius 2 is 2.09 bits per heavy atom. The summed E-state index contributed by atoms with van der Waals surface area (Å²) in [5.74, 6) is 0.680. The first-order valence-corrected chi connectivity index (χ1v) is 9.47. The maximum absolute atomic E-state index is 12.0. The van der Waals surface area contributed by atoms with Gasteiger partial charge in [-0.05, 0) is 45.1 Å². The van der Waals surface area contributed by atoms with Crippen LogP contribution in [0.25, 0.3) is 10.2 Å². The minimum atomic E-state index is -0.133. The molecule has 0 saturated carbocycles. The summed E-state index contributed by atoms with van der Waals surface area (Å²) in [7, 11) is 0. The molecule has 4 nitrogen and oxygen atoms in total. The number of hydrogen-bond donors (Lipinski definition) is 0. The number of thiophene rings is 1. The molecule has 116 valence electrons. The fraction of sp³-hybridized carbons (Fsp3) is 0.562. The van der Waals surface area contributed by atoms with Gasteiger partial charge in [0.15, 0.2) is 0 Å². The van der Waals surface area contributed by atoms with Gasteiger partial charge in [-0.2, -0.15) is 0 Å². The van der Waals surface area contributed by atoms with Crippen molar-refractivity contribution in [2.24, 2.45) is 0 Å². The van der Waals surface area contributed by atoms with E-state index in [1.54, 1.807) is 23.1 Å². The molecule has 2 aromatic rings. The zero-order valence-corrected chi connectivity index (χ0v) is 14.4. The summed E-state index contributed by atoms with van der Waals surface area (Å²) >= 11 is 3.37. The molecule has 2 aliphatic rings. The molecule has 0 spiro atoms. The fourth-order valence-corrected chi connectivity index (χ4v) is 5.94. The van der Waals surface area contributed by atoms with Gasteiger partial charge in [0.2, 0.25) is 0 Å². The number of aryl methyl sites for hydroxylation is 3. The van der Waals surface area contributed by atoms with Crippen molar-refractivity contribution in [3.05, 3.63) is 16.3 Å². The molecule has 2 atom stereocenters. The molecule has 0 aromatic carbocycles. The van der Waals surface area contributed by atoms with Crippen LogP contribution in [0.4, 0.5) is 0 Å². The van der Waals surface area contributed by atoms with Crippen molar-refractivity contribution in [3.8, 4) is 0 Å². The van der Waals surface area contributed by atoms with E-state index in [2.05, 4.69) is 9.97 Å². The van der Waals surface area contributed by atoms with Crippen LogP contribution < -0.4 is 0 Å². The normalized spacial score (nSPS) is 24.5. The minimum absolute atomic E-state index is 0.0137. The van der Waals surface area contributed by atoms with Crippen molar-refractivity contribution < 1.29 is 9.53 Å². The van der Waals surface area contributed by atoms with Crippen molar-refractivity contribution in [2.45, 2.75) is 62.3 Å². The molecule has 22 heavy (non-hydrogen) atoms. The number of aromatic nitrogens is 2. The van der Waals surface area contributed by atoms with Gasteiger partial charge in [0.25, 0.3) is 0 Å². The Bertz CT molecular complexity index is 756. The molecule has 0 radical (unpaired) electrons. The van der Waals surface area contributed by atoms with Gasteiger partial charge in [-0.25, -0.2) is 9.97 Å². The van der Waals surface area contributed by atoms with E-state index >= 15 is 0 Å². The van der Waals surface area contributed by atoms with E-state index in [9.17, 15) is 4.79 Å². The number of carbonyl (C=O) groups is 1. The Morgan fingerprint density at radius 3 is 2.86 bits per heavy atom. The van der Waals surface area contributed by atoms with Crippen molar-refractivity contribution >= 4 is 39.3 Å². The monoisotopic (exact) mass is 334 g/mol. The molecule has 0 N–H and O–H groups in total. The van der Waals surface area contributed by atoms with Crippen LogP contribution in [0.5, 0.6) is 0 Å². The standard InChI is InChI=1S/C16H18N2O2S2/c1-8-7-12(16(19)20-8)22-15-13-10-5-3-4-6-11(10)21-14(13)17-9(2)18-15/h8,12H,3-7H2,1-2H3/t8-,12-/m0/s1. The third kappa shape index (κ3) is 2.42. The number of rotatable bonds is 2. The van der Waals surface area contributed by atoms with E-state index in [-0.39, 0.29) is 17.3 Å². The predicted molar refractivity (Wildman–Crippen MR) is 88.6 cm³/mol. The lowest BCUT2D eigenvalue weighted by Gasteiger charge is -2.12. The van der Waals surface area contributed by atoms with Crippen molar-refractivity contribution in [3.63, 3.8) is 0 Å². The molecule has 1 aliphatic heterocycles. The van der Waals surface area contributed by atoms with Gasteiger partial charge < -0.3 is 4.74 Å². The quantitative estimate of drug-likeness (QED) is 0.619. The Kier molecular flexibility index (Phi) is 3.61. The smallest absolute Gasteiger partial charge is 0.319 e. The minimum Gasteiger partial charge on any atom is -0.462 e. The van der Waals surface area contributed by atoms with Crippen molar-refractivity contribution in [2.75, 3.05) is 0 Å². The summed E-state index contributed by atoms with van der Waals surface area (Å²) in [4.78, 5) is 23.8. The number of cyclic esters (lactones) is 1. The van der Waals surface area contributed by atoms with Crippen LogP contribution in [0.15, 0.2) is 5.03 Å². The number of fused-ring (bicyclic) bond motifs is 3. The van der Waals surface area contributed by atoms with Crippen molar-refractivity contribution in [1.29, 1.82) is 0 Å².